The smallest absolute Gasteiger partial charge is 0.270 e. The summed E-state index contributed by atoms with van der Waals surface area (Å²) >= 11 is 0. The van der Waals surface area contributed by atoms with Gasteiger partial charge in [0.15, 0.2) is 0 Å². The maximum absolute atomic E-state index is 12.9. The van der Waals surface area contributed by atoms with Crippen molar-refractivity contribution >= 4 is 22.3 Å². The SMILES string of the molecule is COc1ccc(N2CCC3(CCN(c4c(C#N)c(=O)n(C)c5ccccc45)CC3)C2)cc1. The number of nitriles is 1. The van der Waals surface area contributed by atoms with Gasteiger partial charge in [0, 0.05) is 44.3 Å². The Labute approximate surface area is 188 Å². The number of aromatic nitrogens is 1. The first kappa shape index (κ1) is 20.4. The van der Waals surface area contributed by atoms with Crippen LogP contribution in [0.25, 0.3) is 10.9 Å². The van der Waals surface area contributed by atoms with E-state index in [4.69, 9.17) is 4.74 Å². The summed E-state index contributed by atoms with van der Waals surface area (Å²) in [5.74, 6) is 0.880. The van der Waals surface area contributed by atoms with Crippen molar-refractivity contribution in [1.29, 1.82) is 5.26 Å². The number of fused-ring (bicyclic) bond motifs is 1. The van der Waals surface area contributed by atoms with Crippen molar-refractivity contribution in [1.82, 2.24) is 4.57 Å². The second-order valence-corrected chi connectivity index (χ2v) is 9.07. The van der Waals surface area contributed by atoms with Gasteiger partial charge in [-0.15, -0.1) is 0 Å². The van der Waals surface area contributed by atoms with Gasteiger partial charge in [0.1, 0.15) is 17.4 Å². The summed E-state index contributed by atoms with van der Waals surface area (Å²) in [7, 11) is 3.43. The topological polar surface area (TPSA) is 61.5 Å². The summed E-state index contributed by atoms with van der Waals surface area (Å²) in [6, 6.07) is 18.4. The first-order valence-electron chi connectivity index (χ1n) is 11.2. The van der Waals surface area contributed by atoms with E-state index in [1.165, 1.54) is 12.1 Å². The minimum atomic E-state index is -0.215. The van der Waals surface area contributed by atoms with E-state index in [0.717, 1.165) is 61.4 Å². The largest absolute Gasteiger partial charge is 0.497 e. The molecule has 3 heterocycles. The summed E-state index contributed by atoms with van der Waals surface area (Å²) in [5.41, 5.74) is 3.26. The van der Waals surface area contributed by atoms with Gasteiger partial charge in [0.2, 0.25) is 0 Å². The fourth-order valence-corrected chi connectivity index (χ4v) is 5.47. The second-order valence-electron chi connectivity index (χ2n) is 9.07. The van der Waals surface area contributed by atoms with E-state index in [2.05, 4.69) is 28.0 Å². The third-order valence-corrected chi connectivity index (χ3v) is 7.40. The first-order valence-corrected chi connectivity index (χ1v) is 11.2. The van der Waals surface area contributed by atoms with Crippen LogP contribution in [0.5, 0.6) is 5.75 Å². The lowest BCUT2D eigenvalue weighted by Crippen LogP contribution is -2.42. The molecule has 0 aliphatic carbocycles. The van der Waals surface area contributed by atoms with Crippen LogP contribution in [0.4, 0.5) is 11.4 Å². The van der Waals surface area contributed by atoms with Crippen LogP contribution in [0.15, 0.2) is 53.3 Å². The molecule has 2 aliphatic heterocycles. The molecule has 1 aromatic heterocycles. The van der Waals surface area contributed by atoms with E-state index >= 15 is 0 Å². The Balaban J connectivity index is 1.39. The van der Waals surface area contributed by atoms with Gasteiger partial charge in [-0.3, -0.25) is 4.79 Å². The van der Waals surface area contributed by atoms with Crippen molar-refractivity contribution in [2.45, 2.75) is 19.3 Å². The van der Waals surface area contributed by atoms with Gasteiger partial charge >= 0.3 is 0 Å². The zero-order valence-electron chi connectivity index (χ0n) is 18.7. The Kier molecular flexibility index (Phi) is 5.05. The summed E-state index contributed by atoms with van der Waals surface area (Å²) < 4.78 is 6.88. The summed E-state index contributed by atoms with van der Waals surface area (Å²) in [4.78, 5) is 17.6. The molecule has 6 heteroatoms. The van der Waals surface area contributed by atoms with Crippen LogP contribution in [0.2, 0.25) is 0 Å². The monoisotopic (exact) mass is 428 g/mol. The van der Waals surface area contributed by atoms with E-state index in [-0.39, 0.29) is 11.1 Å². The van der Waals surface area contributed by atoms with Gasteiger partial charge in [-0.05, 0) is 55.0 Å². The molecular formula is C26H28N4O2. The number of anilines is 2. The van der Waals surface area contributed by atoms with Crippen LogP contribution in [-0.2, 0) is 7.05 Å². The molecule has 164 valence electrons. The number of hydrogen-bond donors (Lipinski definition) is 0. The predicted molar refractivity (Wildman–Crippen MR) is 128 cm³/mol. The number of para-hydroxylation sites is 1. The third kappa shape index (κ3) is 3.29. The third-order valence-electron chi connectivity index (χ3n) is 7.40. The average molecular weight is 429 g/mol. The van der Waals surface area contributed by atoms with Crippen LogP contribution in [0, 0.1) is 16.7 Å². The van der Waals surface area contributed by atoms with Crippen LogP contribution in [-0.4, -0.2) is 37.9 Å². The molecule has 0 amide bonds. The Hall–Kier alpha value is -3.46. The number of rotatable bonds is 3. The number of aryl methyl sites for hydroxylation is 1. The fraction of sp³-hybridized carbons (Fsp3) is 0.385. The van der Waals surface area contributed by atoms with Crippen molar-refractivity contribution < 1.29 is 4.74 Å². The van der Waals surface area contributed by atoms with Crippen LogP contribution in [0.3, 0.4) is 0 Å². The second kappa shape index (κ2) is 7.90. The fourth-order valence-electron chi connectivity index (χ4n) is 5.47. The molecule has 0 bridgehead atoms. The van der Waals surface area contributed by atoms with Crippen LogP contribution < -0.4 is 20.1 Å². The molecule has 0 saturated carbocycles. The van der Waals surface area contributed by atoms with Gasteiger partial charge in [0.05, 0.1) is 18.3 Å². The maximum Gasteiger partial charge on any atom is 0.270 e. The molecule has 0 N–H and O–H groups in total. The highest BCUT2D eigenvalue weighted by Crippen LogP contribution is 2.43. The molecule has 5 rings (SSSR count). The molecule has 2 aromatic carbocycles. The van der Waals surface area contributed by atoms with Crippen molar-refractivity contribution in [3.63, 3.8) is 0 Å². The highest BCUT2D eigenvalue weighted by molar-refractivity contribution is 5.94. The molecule has 0 atom stereocenters. The van der Waals surface area contributed by atoms with Gasteiger partial charge in [0.25, 0.3) is 5.56 Å². The number of benzene rings is 2. The molecule has 2 fully saturated rings. The molecule has 2 saturated heterocycles. The number of ether oxygens (including phenoxy) is 1. The molecular weight excluding hydrogens is 400 g/mol. The molecule has 2 aliphatic rings. The van der Waals surface area contributed by atoms with Crippen LogP contribution >= 0.6 is 0 Å². The van der Waals surface area contributed by atoms with E-state index < -0.39 is 0 Å². The van der Waals surface area contributed by atoms with Gasteiger partial charge in [-0.25, -0.2) is 0 Å². The first-order chi connectivity index (χ1) is 15.5. The lowest BCUT2D eigenvalue weighted by molar-refractivity contribution is 0.251. The zero-order valence-corrected chi connectivity index (χ0v) is 18.7. The highest BCUT2D eigenvalue weighted by Gasteiger charge is 2.41. The lowest BCUT2D eigenvalue weighted by Gasteiger charge is -2.41. The van der Waals surface area contributed by atoms with Crippen molar-refractivity contribution in [2.75, 3.05) is 43.1 Å². The minimum Gasteiger partial charge on any atom is -0.497 e. The summed E-state index contributed by atoms with van der Waals surface area (Å²) in [5, 5.41) is 10.8. The maximum atomic E-state index is 12.9. The van der Waals surface area contributed by atoms with E-state index in [0.29, 0.717) is 5.41 Å². The zero-order chi connectivity index (χ0) is 22.3. The number of hydrogen-bond acceptors (Lipinski definition) is 5. The van der Waals surface area contributed by atoms with E-state index in [1.54, 1.807) is 18.7 Å². The highest BCUT2D eigenvalue weighted by atomic mass is 16.5. The average Bonchev–Trinajstić information content (AvgIpc) is 3.25. The Morgan fingerprint density at radius 1 is 0.969 bits per heavy atom. The van der Waals surface area contributed by atoms with Crippen molar-refractivity contribution in [3.05, 3.63) is 64.4 Å². The molecule has 0 unspecified atom stereocenters. The summed E-state index contributed by atoms with van der Waals surface area (Å²) in [6.45, 7) is 3.84. The number of methoxy groups -OCH3 is 1. The molecule has 0 radical (unpaired) electrons. The predicted octanol–water partition coefficient (Wildman–Crippen LogP) is 3.92. The molecule has 3 aromatic rings. The molecule has 1 spiro atoms. The Morgan fingerprint density at radius 2 is 1.62 bits per heavy atom. The van der Waals surface area contributed by atoms with Gasteiger partial charge < -0.3 is 19.1 Å². The van der Waals surface area contributed by atoms with E-state index in [9.17, 15) is 10.1 Å². The van der Waals surface area contributed by atoms with Crippen molar-refractivity contribution in [3.8, 4) is 11.8 Å². The lowest BCUT2D eigenvalue weighted by atomic mass is 9.77. The van der Waals surface area contributed by atoms with Gasteiger partial charge in [-0.1, -0.05) is 18.2 Å². The molecule has 32 heavy (non-hydrogen) atoms. The minimum absolute atomic E-state index is 0.215. The van der Waals surface area contributed by atoms with Gasteiger partial charge in [-0.2, -0.15) is 5.26 Å². The molecule has 6 nitrogen and oxygen atoms in total. The van der Waals surface area contributed by atoms with Crippen molar-refractivity contribution in [2.24, 2.45) is 12.5 Å². The number of nitrogens with zero attached hydrogens (tertiary/aromatic N) is 4. The number of piperidine rings is 1. The Morgan fingerprint density at radius 3 is 2.28 bits per heavy atom. The Bertz CT molecular complexity index is 1250. The quantitative estimate of drug-likeness (QED) is 0.633. The standard InChI is InChI=1S/C26H28N4O2/c1-28-23-6-4-3-5-21(23)24(22(17-27)25(28)31)29-14-11-26(12-15-29)13-16-30(18-26)19-7-9-20(32-2)10-8-19/h3-10H,11-16,18H2,1-2H3. The van der Waals surface area contributed by atoms with Crippen LogP contribution in [0.1, 0.15) is 24.8 Å². The van der Waals surface area contributed by atoms with E-state index in [1.807, 2.05) is 36.4 Å². The normalized spacial score (nSPS) is 17.7. The number of pyridine rings is 1. The summed E-state index contributed by atoms with van der Waals surface area (Å²) in [6.07, 6.45) is 3.30.